The molecule has 0 radical (unpaired) electrons. The number of unbranched alkanes of at least 4 members (excludes halogenated alkanes) is 1. The fraction of sp³-hybridized carbons (Fsp3) is 0.257. The van der Waals surface area contributed by atoms with E-state index in [1.165, 1.54) is 4.90 Å². The van der Waals surface area contributed by atoms with Gasteiger partial charge in [-0.3, -0.25) is 13.9 Å². The second-order valence-electron chi connectivity index (χ2n) is 10.8. The predicted octanol–water partition coefficient (Wildman–Crippen LogP) is 6.54. The first-order chi connectivity index (χ1) is 21.6. The van der Waals surface area contributed by atoms with Crippen molar-refractivity contribution in [2.45, 2.75) is 50.6 Å². The van der Waals surface area contributed by atoms with Gasteiger partial charge < -0.3 is 10.2 Å². The maximum atomic E-state index is 14.4. The maximum Gasteiger partial charge on any atom is 0.264 e. The quantitative estimate of drug-likeness (QED) is 0.157. The first-order valence-electron chi connectivity index (χ1n) is 14.8. The number of carbonyl (C=O) groups is 2. The normalized spacial score (nSPS) is 11.9. The average molecular weight is 650 g/mol. The molecule has 0 aliphatic rings. The van der Waals surface area contributed by atoms with Gasteiger partial charge in [-0.2, -0.15) is 0 Å². The van der Waals surface area contributed by atoms with Crippen LogP contribution in [0.5, 0.6) is 0 Å². The molecular formula is C35H37ClFN3O4S. The summed E-state index contributed by atoms with van der Waals surface area (Å²) in [6.45, 7) is 3.67. The van der Waals surface area contributed by atoms with Crippen LogP contribution in [0.1, 0.15) is 36.5 Å². The number of carbonyl (C=O) groups excluding carboxylic acids is 2. The summed E-state index contributed by atoms with van der Waals surface area (Å²) in [6.07, 6.45) is 1.84. The Bertz CT molecular complexity index is 1680. The van der Waals surface area contributed by atoms with Crippen LogP contribution in [0.15, 0.2) is 108 Å². The highest BCUT2D eigenvalue weighted by Gasteiger charge is 2.34. The first kappa shape index (κ1) is 33.7. The molecule has 4 aromatic rings. The van der Waals surface area contributed by atoms with Crippen molar-refractivity contribution in [1.29, 1.82) is 0 Å². The number of aryl methyl sites for hydroxylation is 1. The van der Waals surface area contributed by atoms with Crippen LogP contribution in [0.4, 0.5) is 10.1 Å². The van der Waals surface area contributed by atoms with Crippen molar-refractivity contribution in [3.05, 3.63) is 131 Å². The Morgan fingerprint density at radius 1 is 0.889 bits per heavy atom. The molecule has 0 aliphatic carbocycles. The maximum absolute atomic E-state index is 14.4. The molecule has 0 saturated carbocycles. The molecule has 236 valence electrons. The van der Waals surface area contributed by atoms with Gasteiger partial charge in [0.15, 0.2) is 0 Å². The summed E-state index contributed by atoms with van der Waals surface area (Å²) in [7, 11) is -4.32. The summed E-state index contributed by atoms with van der Waals surface area (Å²) in [5, 5.41) is 3.37. The molecule has 0 fully saturated rings. The Hall–Kier alpha value is -4.21. The molecule has 4 aromatic carbocycles. The van der Waals surface area contributed by atoms with Crippen LogP contribution in [-0.4, -0.2) is 44.3 Å². The van der Waals surface area contributed by atoms with Gasteiger partial charge in [0.05, 0.1) is 10.6 Å². The van der Waals surface area contributed by atoms with E-state index < -0.39 is 34.3 Å². The van der Waals surface area contributed by atoms with E-state index in [1.807, 2.05) is 44.2 Å². The van der Waals surface area contributed by atoms with Crippen molar-refractivity contribution in [3.63, 3.8) is 0 Å². The van der Waals surface area contributed by atoms with Crippen molar-refractivity contribution < 1.29 is 22.4 Å². The Labute approximate surface area is 269 Å². The van der Waals surface area contributed by atoms with Crippen LogP contribution >= 0.6 is 11.6 Å². The number of sulfonamides is 1. The van der Waals surface area contributed by atoms with E-state index in [0.29, 0.717) is 17.1 Å². The molecule has 0 heterocycles. The van der Waals surface area contributed by atoms with Crippen molar-refractivity contribution in [3.8, 4) is 0 Å². The van der Waals surface area contributed by atoms with Gasteiger partial charge in [0.2, 0.25) is 11.8 Å². The molecule has 0 bridgehead atoms. The number of halogens is 2. The van der Waals surface area contributed by atoms with Gasteiger partial charge in [-0.25, -0.2) is 12.8 Å². The van der Waals surface area contributed by atoms with E-state index in [1.54, 1.807) is 48.5 Å². The van der Waals surface area contributed by atoms with Gasteiger partial charge in [-0.05, 0) is 66.9 Å². The lowest BCUT2D eigenvalue weighted by Crippen LogP contribution is -2.53. The Morgan fingerprint density at radius 3 is 2.18 bits per heavy atom. The summed E-state index contributed by atoms with van der Waals surface area (Å²) in [5.74, 6) is -1.54. The average Bonchev–Trinajstić information content (AvgIpc) is 3.03. The van der Waals surface area contributed by atoms with E-state index in [0.717, 1.165) is 52.5 Å². The molecule has 7 nitrogen and oxygen atoms in total. The van der Waals surface area contributed by atoms with E-state index in [-0.39, 0.29) is 29.5 Å². The summed E-state index contributed by atoms with van der Waals surface area (Å²) in [4.78, 5) is 29.5. The molecule has 1 unspecified atom stereocenters. The molecule has 1 atom stereocenters. The zero-order valence-electron chi connectivity index (χ0n) is 25.3. The Balaban J connectivity index is 1.79. The molecule has 0 aliphatic heterocycles. The van der Waals surface area contributed by atoms with E-state index in [4.69, 9.17) is 11.6 Å². The Morgan fingerprint density at radius 2 is 1.53 bits per heavy atom. The second kappa shape index (κ2) is 15.7. The highest BCUT2D eigenvalue weighted by Crippen LogP contribution is 2.26. The summed E-state index contributed by atoms with van der Waals surface area (Å²) in [5.41, 5.74) is 2.59. The first-order valence-corrected chi connectivity index (χ1v) is 16.6. The lowest BCUT2D eigenvalue weighted by atomic mass is 10.0. The van der Waals surface area contributed by atoms with Crippen molar-refractivity contribution in [2.24, 2.45) is 0 Å². The second-order valence-corrected chi connectivity index (χ2v) is 13.0. The number of nitrogens with zero attached hydrogens (tertiary/aromatic N) is 2. The number of rotatable bonds is 14. The van der Waals surface area contributed by atoms with Gasteiger partial charge in [-0.1, -0.05) is 91.2 Å². The van der Waals surface area contributed by atoms with Gasteiger partial charge >= 0.3 is 0 Å². The van der Waals surface area contributed by atoms with Crippen LogP contribution in [-0.2, 0) is 32.6 Å². The SMILES string of the molecule is CCCCNC(=O)C(Cc1ccccc1)N(Cc1ccccc1Cl)C(=O)CN(c1ccc(C)cc1)S(=O)(=O)c1ccc(F)cc1. The minimum atomic E-state index is -4.32. The van der Waals surface area contributed by atoms with Crippen LogP contribution in [0.2, 0.25) is 5.02 Å². The zero-order valence-corrected chi connectivity index (χ0v) is 26.9. The Kier molecular flexibility index (Phi) is 11.7. The fourth-order valence-corrected chi connectivity index (χ4v) is 6.45. The number of nitrogens with one attached hydrogen (secondary N) is 1. The van der Waals surface area contributed by atoms with Crippen molar-refractivity contribution >= 4 is 39.1 Å². The minimum Gasteiger partial charge on any atom is -0.354 e. The molecule has 1 N–H and O–H groups in total. The third-order valence-electron chi connectivity index (χ3n) is 7.40. The summed E-state index contributed by atoms with van der Waals surface area (Å²) < 4.78 is 42.7. The van der Waals surface area contributed by atoms with E-state index in [2.05, 4.69) is 5.32 Å². The van der Waals surface area contributed by atoms with Crippen LogP contribution in [0.3, 0.4) is 0 Å². The summed E-state index contributed by atoms with van der Waals surface area (Å²) in [6, 6.07) is 26.5. The van der Waals surface area contributed by atoms with E-state index >= 15 is 0 Å². The van der Waals surface area contributed by atoms with Crippen molar-refractivity contribution in [1.82, 2.24) is 10.2 Å². The molecule has 2 amide bonds. The molecule has 0 saturated heterocycles. The standard InChI is InChI=1S/C35H37ClFN3O4S/c1-3-4-22-38-35(42)33(23-27-10-6-5-7-11-27)39(24-28-12-8-9-13-32(28)36)34(41)25-40(30-18-14-26(2)15-19-30)45(43,44)31-20-16-29(37)17-21-31/h5-21,33H,3-4,22-25H2,1-2H3,(H,38,42). The van der Waals surface area contributed by atoms with Gasteiger partial charge in [0.1, 0.15) is 18.4 Å². The zero-order chi connectivity index (χ0) is 32.4. The number of amides is 2. The van der Waals surface area contributed by atoms with Gasteiger partial charge in [0.25, 0.3) is 10.0 Å². The third kappa shape index (κ3) is 8.93. The number of hydrogen-bond donors (Lipinski definition) is 1. The van der Waals surface area contributed by atoms with E-state index in [9.17, 15) is 22.4 Å². The highest BCUT2D eigenvalue weighted by molar-refractivity contribution is 7.92. The fourth-order valence-electron chi connectivity index (χ4n) is 4.84. The molecule has 4 rings (SSSR count). The molecule has 10 heteroatoms. The lowest BCUT2D eigenvalue weighted by molar-refractivity contribution is -0.140. The molecule has 45 heavy (non-hydrogen) atoms. The van der Waals surface area contributed by atoms with Gasteiger partial charge in [-0.15, -0.1) is 0 Å². The highest BCUT2D eigenvalue weighted by atomic mass is 35.5. The minimum absolute atomic E-state index is 0.0322. The monoisotopic (exact) mass is 649 g/mol. The predicted molar refractivity (Wildman–Crippen MR) is 176 cm³/mol. The lowest BCUT2D eigenvalue weighted by Gasteiger charge is -2.34. The van der Waals surface area contributed by atoms with Crippen molar-refractivity contribution in [2.75, 3.05) is 17.4 Å². The van der Waals surface area contributed by atoms with Crippen LogP contribution < -0.4 is 9.62 Å². The number of anilines is 1. The number of benzene rings is 4. The smallest absolute Gasteiger partial charge is 0.264 e. The topological polar surface area (TPSA) is 86.8 Å². The molecule has 0 spiro atoms. The van der Waals surface area contributed by atoms with Gasteiger partial charge in [0, 0.05) is 24.5 Å². The number of hydrogen-bond acceptors (Lipinski definition) is 4. The third-order valence-corrected chi connectivity index (χ3v) is 9.56. The molecular weight excluding hydrogens is 613 g/mol. The summed E-state index contributed by atoms with van der Waals surface area (Å²) >= 11 is 6.53. The van der Waals surface area contributed by atoms with Crippen LogP contribution in [0.25, 0.3) is 0 Å². The van der Waals surface area contributed by atoms with Crippen LogP contribution in [0, 0.1) is 12.7 Å². The largest absolute Gasteiger partial charge is 0.354 e. The molecule has 0 aromatic heterocycles.